The number of hydrogen-bond donors (Lipinski definition) is 3. The summed E-state index contributed by atoms with van der Waals surface area (Å²) in [5.74, 6) is 0.435. The van der Waals surface area contributed by atoms with Crippen LogP contribution in [-0.4, -0.2) is 38.7 Å². The monoisotopic (exact) mass is 294 g/mol. The highest BCUT2D eigenvalue weighted by molar-refractivity contribution is 5.90. The average molecular weight is 294 g/mol. The number of carbonyl (C=O) groups excluding carboxylic acids is 1. The van der Waals surface area contributed by atoms with Crippen LogP contribution in [0.1, 0.15) is 61.9 Å². The Morgan fingerprint density at radius 2 is 2.14 bits per heavy atom. The molecular weight excluding hydrogens is 272 g/mol. The van der Waals surface area contributed by atoms with E-state index >= 15 is 0 Å². The van der Waals surface area contributed by atoms with Crippen molar-refractivity contribution in [2.75, 3.05) is 6.54 Å². The summed E-state index contributed by atoms with van der Waals surface area (Å²) in [6.07, 6.45) is 2.99. The molecule has 7 nitrogen and oxygen atoms in total. The lowest BCUT2D eigenvalue weighted by molar-refractivity contribution is -0.138. The smallest absolute Gasteiger partial charge is 0.303 e. The molecule has 1 amide bonds. The van der Waals surface area contributed by atoms with E-state index in [2.05, 4.69) is 20.5 Å². The van der Waals surface area contributed by atoms with Crippen LogP contribution >= 0.6 is 0 Å². The molecule has 1 saturated carbocycles. The van der Waals surface area contributed by atoms with Crippen LogP contribution in [0.3, 0.4) is 0 Å². The molecule has 7 heteroatoms. The number of aliphatic carboxylic acids is 1. The van der Waals surface area contributed by atoms with Crippen molar-refractivity contribution in [3.8, 4) is 0 Å². The first-order valence-corrected chi connectivity index (χ1v) is 7.38. The molecule has 1 aromatic heterocycles. The Morgan fingerprint density at radius 1 is 1.43 bits per heavy atom. The number of aromatic amines is 1. The second-order valence-corrected chi connectivity index (χ2v) is 6.12. The third-order valence-corrected chi connectivity index (χ3v) is 3.49. The van der Waals surface area contributed by atoms with Crippen molar-refractivity contribution in [1.29, 1.82) is 0 Å². The van der Waals surface area contributed by atoms with Crippen LogP contribution in [0.4, 0.5) is 0 Å². The number of carboxylic acid groups (broad SMARTS) is 1. The summed E-state index contributed by atoms with van der Waals surface area (Å²) < 4.78 is 0. The van der Waals surface area contributed by atoms with Gasteiger partial charge in [-0.2, -0.15) is 0 Å². The number of carbonyl (C=O) groups is 2. The number of nitrogens with one attached hydrogen (secondary N) is 2. The lowest BCUT2D eigenvalue weighted by Crippen LogP contribution is -2.31. The molecule has 0 spiro atoms. The van der Waals surface area contributed by atoms with Gasteiger partial charge in [0.25, 0.3) is 5.91 Å². The molecule has 21 heavy (non-hydrogen) atoms. The standard InChI is InChI=1S/C14H22N4O3/c1-8(2)5-9(6-11(19)20)7-15-14(21)13-16-12(17-18-13)10-3-4-10/h8-10H,3-7H2,1-2H3,(H,15,21)(H,19,20)(H,16,17,18)/t9-/m0/s1. The minimum absolute atomic E-state index is 0.0553. The maximum Gasteiger partial charge on any atom is 0.303 e. The van der Waals surface area contributed by atoms with E-state index in [0.717, 1.165) is 25.1 Å². The van der Waals surface area contributed by atoms with Gasteiger partial charge < -0.3 is 10.4 Å². The summed E-state index contributed by atoms with van der Waals surface area (Å²) in [7, 11) is 0. The van der Waals surface area contributed by atoms with Crippen molar-refractivity contribution in [2.24, 2.45) is 11.8 Å². The Balaban J connectivity index is 1.85. The SMILES string of the molecule is CC(C)C[C@H](CNC(=O)c1n[nH]c(C2CC2)n1)CC(=O)O. The molecule has 2 rings (SSSR count). The third kappa shape index (κ3) is 4.84. The van der Waals surface area contributed by atoms with E-state index in [-0.39, 0.29) is 24.1 Å². The molecule has 1 fully saturated rings. The Kier molecular flexibility index (Phi) is 4.93. The molecule has 3 N–H and O–H groups in total. The molecule has 1 aliphatic rings. The number of hydrogen-bond acceptors (Lipinski definition) is 4. The van der Waals surface area contributed by atoms with E-state index in [4.69, 9.17) is 5.11 Å². The van der Waals surface area contributed by atoms with Crippen molar-refractivity contribution in [3.63, 3.8) is 0 Å². The number of carboxylic acids is 1. The molecule has 116 valence electrons. The first kappa shape index (κ1) is 15.5. The maximum absolute atomic E-state index is 12.0. The van der Waals surface area contributed by atoms with Crippen LogP contribution in [-0.2, 0) is 4.79 Å². The van der Waals surface area contributed by atoms with Crippen molar-refractivity contribution < 1.29 is 14.7 Å². The molecule has 0 radical (unpaired) electrons. The van der Waals surface area contributed by atoms with E-state index in [9.17, 15) is 9.59 Å². The van der Waals surface area contributed by atoms with E-state index in [1.165, 1.54) is 0 Å². The summed E-state index contributed by atoms with van der Waals surface area (Å²) in [6.45, 7) is 4.40. The summed E-state index contributed by atoms with van der Waals surface area (Å²) >= 11 is 0. The number of H-pyrrole nitrogens is 1. The van der Waals surface area contributed by atoms with Crippen molar-refractivity contribution >= 4 is 11.9 Å². The van der Waals surface area contributed by atoms with E-state index in [0.29, 0.717) is 18.4 Å². The Bertz CT molecular complexity index is 508. The minimum atomic E-state index is -0.844. The lowest BCUT2D eigenvalue weighted by Gasteiger charge is -2.17. The minimum Gasteiger partial charge on any atom is -0.481 e. The molecule has 1 aliphatic carbocycles. The fourth-order valence-electron chi connectivity index (χ4n) is 2.38. The highest BCUT2D eigenvalue weighted by Gasteiger charge is 2.28. The van der Waals surface area contributed by atoms with Gasteiger partial charge in [0.1, 0.15) is 5.82 Å². The second kappa shape index (κ2) is 6.69. The summed E-state index contributed by atoms with van der Waals surface area (Å²) in [4.78, 5) is 27.0. The Hall–Kier alpha value is -1.92. The number of aromatic nitrogens is 3. The summed E-state index contributed by atoms with van der Waals surface area (Å²) in [6, 6.07) is 0. The van der Waals surface area contributed by atoms with Crippen LogP contribution < -0.4 is 5.32 Å². The Morgan fingerprint density at radius 3 is 2.71 bits per heavy atom. The molecule has 0 aliphatic heterocycles. The van der Waals surface area contributed by atoms with Gasteiger partial charge in [-0.25, -0.2) is 4.98 Å². The zero-order valence-electron chi connectivity index (χ0n) is 12.4. The molecule has 0 unspecified atom stereocenters. The predicted molar refractivity (Wildman–Crippen MR) is 75.9 cm³/mol. The molecular formula is C14H22N4O3. The van der Waals surface area contributed by atoms with Gasteiger partial charge in [-0.1, -0.05) is 13.8 Å². The van der Waals surface area contributed by atoms with Gasteiger partial charge in [0.2, 0.25) is 5.82 Å². The van der Waals surface area contributed by atoms with E-state index < -0.39 is 5.97 Å². The van der Waals surface area contributed by atoms with Gasteiger partial charge in [-0.05, 0) is 31.1 Å². The van der Waals surface area contributed by atoms with Crippen LogP contribution in [0.25, 0.3) is 0 Å². The van der Waals surface area contributed by atoms with Crippen LogP contribution in [0, 0.1) is 11.8 Å². The lowest BCUT2D eigenvalue weighted by atomic mass is 9.94. The summed E-state index contributed by atoms with van der Waals surface area (Å²) in [5.41, 5.74) is 0. The highest BCUT2D eigenvalue weighted by atomic mass is 16.4. The van der Waals surface area contributed by atoms with Crippen molar-refractivity contribution in [2.45, 2.75) is 45.4 Å². The second-order valence-electron chi connectivity index (χ2n) is 6.12. The predicted octanol–water partition coefficient (Wildman–Crippen LogP) is 1.55. The van der Waals surface area contributed by atoms with E-state index in [1.807, 2.05) is 13.8 Å². The maximum atomic E-state index is 12.0. The molecule has 1 atom stereocenters. The fourth-order valence-corrected chi connectivity index (χ4v) is 2.38. The van der Waals surface area contributed by atoms with Crippen molar-refractivity contribution in [1.82, 2.24) is 20.5 Å². The quantitative estimate of drug-likeness (QED) is 0.674. The van der Waals surface area contributed by atoms with Gasteiger partial charge >= 0.3 is 5.97 Å². The van der Waals surface area contributed by atoms with Crippen LogP contribution in [0.2, 0.25) is 0 Å². The molecule has 1 aromatic rings. The van der Waals surface area contributed by atoms with Gasteiger partial charge in [0.15, 0.2) is 0 Å². The van der Waals surface area contributed by atoms with Gasteiger partial charge in [-0.15, -0.1) is 5.10 Å². The zero-order chi connectivity index (χ0) is 15.4. The number of amides is 1. The van der Waals surface area contributed by atoms with Gasteiger partial charge in [0, 0.05) is 18.9 Å². The van der Waals surface area contributed by atoms with Gasteiger partial charge in [-0.3, -0.25) is 14.7 Å². The van der Waals surface area contributed by atoms with Crippen LogP contribution in [0.5, 0.6) is 0 Å². The van der Waals surface area contributed by atoms with Crippen molar-refractivity contribution in [3.05, 3.63) is 11.6 Å². The van der Waals surface area contributed by atoms with Gasteiger partial charge in [0.05, 0.1) is 0 Å². The van der Waals surface area contributed by atoms with E-state index in [1.54, 1.807) is 0 Å². The molecule has 1 heterocycles. The zero-order valence-corrected chi connectivity index (χ0v) is 12.4. The topological polar surface area (TPSA) is 108 Å². The number of rotatable bonds is 8. The highest BCUT2D eigenvalue weighted by Crippen LogP contribution is 2.37. The summed E-state index contributed by atoms with van der Waals surface area (Å²) in [5, 5.41) is 18.3. The molecule has 0 saturated heterocycles. The average Bonchev–Trinajstić information content (AvgIpc) is 3.12. The third-order valence-electron chi connectivity index (χ3n) is 3.49. The fraction of sp³-hybridized carbons (Fsp3) is 0.714. The largest absolute Gasteiger partial charge is 0.481 e. The molecule has 0 aromatic carbocycles. The normalized spacial score (nSPS) is 16.0. The molecule has 0 bridgehead atoms. The number of nitrogens with zero attached hydrogens (tertiary/aromatic N) is 2. The van der Waals surface area contributed by atoms with Crippen LogP contribution in [0.15, 0.2) is 0 Å². The first-order valence-electron chi connectivity index (χ1n) is 7.38. The Labute approximate surface area is 123 Å². The first-order chi connectivity index (χ1) is 9.95.